The van der Waals surface area contributed by atoms with Gasteiger partial charge in [-0.3, -0.25) is 0 Å². The van der Waals surface area contributed by atoms with E-state index in [-0.39, 0.29) is 0 Å². The monoisotopic (exact) mass is 371 g/mol. The number of nitrogens with two attached hydrogens (primary N) is 1. The van der Waals surface area contributed by atoms with E-state index in [9.17, 15) is 0 Å². The fourth-order valence-electron chi connectivity index (χ4n) is 1.14. The van der Waals surface area contributed by atoms with E-state index in [4.69, 9.17) is 5.73 Å². The largest absolute Gasteiger partial charge is 0.398 e. The number of aromatic nitrogens is 2. The number of nitrogens with zero attached hydrogens (tertiary/aromatic N) is 2. The second kappa shape index (κ2) is 9.02. The lowest BCUT2D eigenvalue weighted by Gasteiger charge is -1.97. The third kappa shape index (κ3) is 3.75. The van der Waals surface area contributed by atoms with E-state index in [1.165, 1.54) is 6.38 Å². The summed E-state index contributed by atoms with van der Waals surface area (Å²) in [5.74, 6) is 0. The van der Waals surface area contributed by atoms with Gasteiger partial charge in [0.2, 0.25) is 0 Å². The number of fused-ring (bicyclic) bond motifs is 1. The van der Waals surface area contributed by atoms with E-state index < -0.39 is 0 Å². The van der Waals surface area contributed by atoms with Gasteiger partial charge < -0.3 is 5.73 Å². The highest BCUT2D eigenvalue weighted by atomic mass is 127. The predicted molar refractivity (Wildman–Crippen MR) is 85.0 cm³/mol. The topological polar surface area (TPSA) is 43.8 Å². The van der Waals surface area contributed by atoms with Crippen molar-refractivity contribution in [3.63, 3.8) is 0 Å². The van der Waals surface area contributed by atoms with Gasteiger partial charge in [0.15, 0.2) is 0 Å². The highest BCUT2D eigenvalue weighted by Crippen LogP contribution is 2.29. The summed E-state index contributed by atoms with van der Waals surface area (Å²) in [6.07, 6.45) is 3.91. The van der Waals surface area contributed by atoms with Crippen LogP contribution in [0.5, 0.6) is 0 Å². The number of hydrogen-bond donors (Lipinski definition) is 1. The molecule has 1 atom stereocenters. The zero-order valence-corrected chi connectivity index (χ0v) is 13.5. The summed E-state index contributed by atoms with van der Waals surface area (Å²) in [7, 11) is 0. The van der Waals surface area contributed by atoms with Crippen molar-refractivity contribution < 1.29 is 0 Å². The molecule has 0 aliphatic heterocycles. The summed E-state index contributed by atoms with van der Waals surface area (Å²) in [5.41, 5.74) is 7.68. The summed E-state index contributed by atoms with van der Waals surface area (Å²) in [4.78, 5) is 0. The molecule has 0 fully saturated rings. The van der Waals surface area contributed by atoms with Crippen molar-refractivity contribution in [3.05, 3.63) is 24.4 Å². The number of anilines is 1. The normalized spacial score (nSPS) is 9.56. The molecular weight excluding hydrogens is 355 g/mol. The maximum atomic E-state index is 5.77. The standard InChI is InChI=1S/C7H7IN3P.C2H6.CH3Cl/c8-12-11-7-3-1-2-6(9)5(7)4-10-11;2*1-2/h1-4,12H,9H2;1-2H3;1H3. The van der Waals surface area contributed by atoms with Crippen LogP contribution in [-0.2, 0) is 0 Å². The van der Waals surface area contributed by atoms with Crippen LogP contribution in [0.3, 0.4) is 0 Å². The van der Waals surface area contributed by atoms with Gasteiger partial charge in [0.25, 0.3) is 0 Å². The molecule has 0 saturated carbocycles. The Morgan fingerprint density at radius 1 is 1.38 bits per heavy atom. The molecule has 0 bridgehead atoms. The molecule has 1 unspecified atom stereocenters. The third-order valence-corrected chi connectivity index (χ3v) is 3.61. The first-order valence-electron chi connectivity index (χ1n) is 4.79. The highest BCUT2D eigenvalue weighted by molar-refractivity contribution is 14.2. The van der Waals surface area contributed by atoms with E-state index in [0.717, 1.165) is 16.6 Å². The minimum absolute atomic E-state index is 0.625. The highest BCUT2D eigenvalue weighted by Gasteiger charge is 2.02. The van der Waals surface area contributed by atoms with Crippen molar-refractivity contribution in [2.45, 2.75) is 13.8 Å². The Morgan fingerprint density at radius 3 is 2.56 bits per heavy atom. The molecular formula is C10H16ClIN3P. The molecule has 1 aromatic heterocycles. The van der Waals surface area contributed by atoms with Crippen molar-refractivity contribution in [1.29, 1.82) is 0 Å². The second-order valence-corrected chi connectivity index (χ2v) is 4.46. The van der Waals surface area contributed by atoms with Crippen molar-refractivity contribution >= 4 is 56.6 Å². The molecule has 2 rings (SSSR count). The fraction of sp³-hybridized carbons (Fsp3) is 0.300. The second-order valence-electron chi connectivity index (χ2n) is 2.42. The Hall–Kier alpha value is -0.0600. The number of halogens is 2. The van der Waals surface area contributed by atoms with Crippen LogP contribution in [0.2, 0.25) is 0 Å². The number of alkyl halides is 1. The van der Waals surface area contributed by atoms with E-state index >= 15 is 0 Å². The lowest BCUT2D eigenvalue weighted by atomic mass is 10.2. The molecule has 0 saturated heterocycles. The van der Waals surface area contributed by atoms with Gasteiger partial charge in [0.05, 0.1) is 18.1 Å². The molecule has 1 heterocycles. The molecule has 3 nitrogen and oxygen atoms in total. The first-order valence-corrected chi connectivity index (χ1v) is 9.61. The van der Waals surface area contributed by atoms with Gasteiger partial charge in [-0.15, -0.1) is 11.6 Å². The molecule has 16 heavy (non-hydrogen) atoms. The number of rotatable bonds is 1. The quantitative estimate of drug-likeness (QED) is 0.352. The number of nitrogen functional groups attached to an aromatic ring is 1. The van der Waals surface area contributed by atoms with Crippen LogP contribution in [0.1, 0.15) is 13.8 Å². The molecule has 0 spiro atoms. The summed E-state index contributed by atoms with van der Waals surface area (Å²) >= 11 is 6.94. The molecule has 0 aliphatic rings. The summed E-state index contributed by atoms with van der Waals surface area (Å²) in [5, 5.41) is 5.26. The van der Waals surface area contributed by atoms with Crippen molar-refractivity contribution in [1.82, 2.24) is 9.55 Å². The molecule has 6 heteroatoms. The molecule has 90 valence electrons. The number of hydrogen-bond acceptors (Lipinski definition) is 2. The lowest BCUT2D eigenvalue weighted by molar-refractivity contribution is 1.04. The summed E-state index contributed by atoms with van der Waals surface area (Å²) in [6, 6.07) is 5.88. The van der Waals surface area contributed by atoms with E-state index in [1.54, 1.807) is 0 Å². The van der Waals surface area contributed by atoms with E-state index in [1.807, 2.05) is 42.7 Å². The number of benzene rings is 1. The maximum Gasteiger partial charge on any atom is 0.0750 e. The van der Waals surface area contributed by atoms with Crippen LogP contribution < -0.4 is 5.73 Å². The third-order valence-electron chi connectivity index (χ3n) is 1.73. The maximum absolute atomic E-state index is 5.77. The van der Waals surface area contributed by atoms with Gasteiger partial charge in [0.1, 0.15) is 0 Å². The van der Waals surface area contributed by atoms with Gasteiger partial charge >= 0.3 is 0 Å². The zero-order valence-electron chi connectivity index (χ0n) is 9.54. The summed E-state index contributed by atoms with van der Waals surface area (Å²) < 4.78 is 1.95. The van der Waals surface area contributed by atoms with Gasteiger partial charge in [-0.2, -0.15) is 5.10 Å². The predicted octanol–water partition coefficient (Wildman–Crippen LogP) is 4.29. The summed E-state index contributed by atoms with van der Waals surface area (Å²) in [6.45, 7) is 4.00. The minimum atomic E-state index is 0.625. The SMILES string of the molecule is CC.CCl.Nc1cccc2c1cnn2PI. The van der Waals surface area contributed by atoms with Crippen molar-refractivity contribution in [3.8, 4) is 0 Å². The molecule has 0 aliphatic carbocycles. The lowest BCUT2D eigenvalue weighted by Crippen LogP contribution is -1.85. The van der Waals surface area contributed by atoms with Crippen LogP contribution in [0.4, 0.5) is 5.69 Å². The zero-order chi connectivity index (χ0) is 12.6. The Morgan fingerprint density at radius 2 is 2.00 bits per heavy atom. The molecule has 2 N–H and O–H groups in total. The smallest absolute Gasteiger partial charge is 0.0750 e. The molecule has 2 aromatic rings. The first-order chi connectivity index (χ1) is 7.83. The van der Waals surface area contributed by atoms with Crippen LogP contribution in [0.15, 0.2) is 24.4 Å². The Bertz CT molecular complexity index is 419. The van der Waals surface area contributed by atoms with Gasteiger partial charge in [-0.1, -0.05) is 19.9 Å². The van der Waals surface area contributed by atoms with Crippen LogP contribution in [0.25, 0.3) is 10.9 Å². The minimum Gasteiger partial charge on any atom is -0.398 e. The molecule has 0 amide bonds. The van der Waals surface area contributed by atoms with Crippen molar-refractivity contribution in [2.24, 2.45) is 0 Å². The van der Waals surface area contributed by atoms with E-state index in [2.05, 4.69) is 38.7 Å². The van der Waals surface area contributed by atoms with E-state index in [0.29, 0.717) is 6.37 Å². The average Bonchev–Trinajstić information content (AvgIpc) is 2.79. The van der Waals surface area contributed by atoms with Gasteiger partial charge in [0, 0.05) is 17.5 Å². The van der Waals surface area contributed by atoms with Gasteiger partial charge in [-0.25, -0.2) is 4.45 Å². The van der Waals surface area contributed by atoms with Crippen molar-refractivity contribution in [2.75, 3.05) is 12.1 Å². The van der Waals surface area contributed by atoms with Crippen LogP contribution in [0, 0.1) is 0 Å². The van der Waals surface area contributed by atoms with Crippen LogP contribution in [-0.4, -0.2) is 15.9 Å². The molecule has 1 aromatic carbocycles. The Kier molecular flexibility index (Phi) is 8.99. The Labute approximate surface area is 116 Å². The Balaban J connectivity index is 0.000000509. The van der Waals surface area contributed by atoms with Crippen LogP contribution >= 0.6 is 40.0 Å². The van der Waals surface area contributed by atoms with Gasteiger partial charge in [-0.05, 0) is 34.2 Å². The average molecular weight is 372 g/mol. The molecule has 0 radical (unpaired) electrons. The first kappa shape index (κ1) is 15.9. The fourth-order valence-corrected chi connectivity index (χ4v) is 2.68.